The summed E-state index contributed by atoms with van der Waals surface area (Å²) in [6.45, 7) is 11.8. The van der Waals surface area contributed by atoms with E-state index >= 15 is 0 Å². The number of carbonyl (C=O) groups excluding carboxylic acids is 4. The van der Waals surface area contributed by atoms with Crippen LogP contribution in [0.3, 0.4) is 0 Å². The maximum atomic E-state index is 13.1. The standard InChI is InChI=1S/C76H148O17P2/c1-8-10-11-40-50-57-73(78)86-63-71(93-76(81)60-53-46-39-38-43-49-56-69(7)9-2)65-90-94(82,83)88-61-70(77)62-89-95(84,85)91-66-72(64-87-74(79)58-51-44-36-32-28-24-20-17-16-19-23-27-31-35-42-48-55-68(5)6)92-75(80)59-52-45-37-33-29-25-21-15-13-12-14-18-22-26-30-34-41-47-54-67(3)4/h67-72,77H,8-66H2,1-7H3,(H,82,83)(H,84,85)/t69?,70-,71+,72+/m0/s1. The molecule has 0 saturated carbocycles. The van der Waals surface area contributed by atoms with Crippen molar-refractivity contribution in [3.63, 3.8) is 0 Å². The zero-order valence-corrected chi connectivity index (χ0v) is 63.9. The number of aliphatic hydroxyl groups is 1. The summed E-state index contributed by atoms with van der Waals surface area (Å²) < 4.78 is 68.2. The fraction of sp³-hybridized carbons (Fsp3) is 0.947. The van der Waals surface area contributed by atoms with Crippen molar-refractivity contribution in [2.75, 3.05) is 39.6 Å². The summed E-state index contributed by atoms with van der Waals surface area (Å²) in [6.07, 6.45) is 53.4. The summed E-state index contributed by atoms with van der Waals surface area (Å²) in [5.41, 5.74) is 0. The molecule has 0 fully saturated rings. The Labute approximate surface area is 581 Å². The van der Waals surface area contributed by atoms with Gasteiger partial charge in [-0.25, -0.2) is 9.13 Å². The monoisotopic (exact) mass is 1400 g/mol. The minimum Gasteiger partial charge on any atom is -0.462 e. The van der Waals surface area contributed by atoms with E-state index in [4.69, 9.17) is 37.0 Å². The van der Waals surface area contributed by atoms with Crippen LogP contribution in [0.25, 0.3) is 0 Å². The molecule has 6 atom stereocenters. The van der Waals surface area contributed by atoms with Crippen molar-refractivity contribution >= 4 is 39.5 Å². The van der Waals surface area contributed by atoms with Gasteiger partial charge in [-0.15, -0.1) is 0 Å². The van der Waals surface area contributed by atoms with Crippen molar-refractivity contribution in [2.24, 2.45) is 17.8 Å². The molecule has 0 radical (unpaired) electrons. The van der Waals surface area contributed by atoms with Crippen molar-refractivity contribution in [1.82, 2.24) is 0 Å². The number of phosphoric acid groups is 2. The molecule has 95 heavy (non-hydrogen) atoms. The highest BCUT2D eigenvalue weighted by atomic mass is 31.2. The van der Waals surface area contributed by atoms with E-state index in [-0.39, 0.29) is 25.7 Å². The van der Waals surface area contributed by atoms with Gasteiger partial charge in [0.15, 0.2) is 12.2 Å². The Kier molecular flexibility index (Phi) is 65.2. The van der Waals surface area contributed by atoms with Crippen LogP contribution >= 0.6 is 15.6 Å². The number of aliphatic hydroxyl groups excluding tert-OH is 1. The van der Waals surface area contributed by atoms with Crippen LogP contribution in [0.5, 0.6) is 0 Å². The second-order valence-corrected chi connectivity index (χ2v) is 31.5. The number of unbranched alkanes of at least 4 members (excludes halogenated alkanes) is 41. The van der Waals surface area contributed by atoms with Crippen LogP contribution in [-0.2, 0) is 65.4 Å². The fourth-order valence-corrected chi connectivity index (χ4v) is 13.1. The first-order valence-electron chi connectivity index (χ1n) is 39.4. The van der Waals surface area contributed by atoms with Gasteiger partial charge in [-0.05, 0) is 43.4 Å². The van der Waals surface area contributed by atoms with Gasteiger partial charge in [-0.1, -0.05) is 337 Å². The molecule has 0 spiro atoms. The van der Waals surface area contributed by atoms with Gasteiger partial charge >= 0.3 is 39.5 Å². The Bertz CT molecular complexity index is 1850. The molecule has 0 rings (SSSR count). The molecule has 0 aromatic heterocycles. The minimum atomic E-state index is -4.96. The van der Waals surface area contributed by atoms with Gasteiger partial charge in [0.1, 0.15) is 19.3 Å². The Balaban J connectivity index is 5.11. The zero-order chi connectivity index (χ0) is 70.1. The Morgan fingerprint density at radius 1 is 0.305 bits per heavy atom. The second kappa shape index (κ2) is 66.6. The highest BCUT2D eigenvalue weighted by molar-refractivity contribution is 7.47. The average molecular weight is 1400 g/mol. The highest BCUT2D eigenvalue weighted by Gasteiger charge is 2.30. The molecule has 0 amide bonds. The number of phosphoric ester groups is 2. The molecule has 0 aromatic carbocycles. The summed E-state index contributed by atoms with van der Waals surface area (Å²) in [7, 11) is -9.90. The second-order valence-electron chi connectivity index (χ2n) is 28.6. The molecule has 0 aliphatic carbocycles. The molecule has 0 saturated heterocycles. The van der Waals surface area contributed by atoms with Gasteiger partial charge in [-0.3, -0.25) is 37.3 Å². The quantitative estimate of drug-likeness (QED) is 0.0222. The molecule has 0 heterocycles. The lowest BCUT2D eigenvalue weighted by Gasteiger charge is -2.21. The predicted octanol–water partition coefficient (Wildman–Crippen LogP) is 22.2. The molecule has 3 N–H and O–H groups in total. The average Bonchev–Trinajstić information content (AvgIpc) is 1.96. The maximum Gasteiger partial charge on any atom is 0.472 e. The van der Waals surface area contributed by atoms with Gasteiger partial charge < -0.3 is 33.8 Å². The molecule has 0 aromatic rings. The highest BCUT2D eigenvalue weighted by Crippen LogP contribution is 2.45. The van der Waals surface area contributed by atoms with Crippen LogP contribution < -0.4 is 0 Å². The summed E-state index contributed by atoms with van der Waals surface area (Å²) in [5.74, 6) is 0.221. The third-order valence-electron chi connectivity index (χ3n) is 18.0. The number of esters is 4. The van der Waals surface area contributed by atoms with Crippen LogP contribution in [0.15, 0.2) is 0 Å². The number of ether oxygens (including phenoxy) is 4. The molecular formula is C76H148O17P2. The number of hydrogen-bond donors (Lipinski definition) is 3. The van der Waals surface area contributed by atoms with Crippen molar-refractivity contribution in [1.29, 1.82) is 0 Å². The normalized spacial score (nSPS) is 14.4. The molecule has 3 unspecified atom stereocenters. The zero-order valence-electron chi connectivity index (χ0n) is 62.1. The predicted molar refractivity (Wildman–Crippen MR) is 386 cm³/mol. The first-order chi connectivity index (χ1) is 45.8. The van der Waals surface area contributed by atoms with E-state index in [0.29, 0.717) is 25.7 Å². The molecular weight excluding hydrogens is 1250 g/mol. The molecule has 17 nitrogen and oxygen atoms in total. The lowest BCUT2D eigenvalue weighted by molar-refractivity contribution is -0.161. The smallest absolute Gasteiger partial charge is 0.462 e. The molecule has 0 bridgehead atoms. The maximum absolute atomic E-state index is 13.1. The topological polar surface area (TPSA) is 237 Å². The molecule has 564 valence electrons. The van der Waals surface area contributed by atoms with Crippen LogP contribution in [0.2, 0.25) is 0 Å². The van der Waals surface area contributed by atoms with Crippen LogP contribution in [0.1, 0.15) is 389 Å². The Morgan fingerprint density at radius 2 is 0.537 bits per heavy atom. The van der Waals surface area contributed by atoms with E-state index < -0.39 is 97.5 Å². The van der Waals surface area contributed by atoms with Gasteiger partial charge in [-0.2, -0.15) is 0 Å². The largest absolute Gasteiger partial charge is 0.472 e. The van der Waals surface area contributed by atoms with Gasteiger partial charge in [0.05, 0.1) is 26.4 Å². The van der Waals surface area contributed by atoms with Gasteiger partial charge in [0.2, 0.25) is 0 Å². The molecule has 19 heteroatoms. The van der Waals surface area contributed by atoms with E-state index in [0.717, 1.165) is 114 Å². The van der Waals surface area contributed by atoms with Crippen molar-refractivity contribution < 1.29 is 80.2 Å². The molecule has 0 aliphatic heterocycles. The van der Waals surface area contributed by atoms with Gasteiger partial charge in [0, 0.05) is 25.7 Å². The summed E-state index contributed by atoms with van der Waals surface area (Å²) >= 11 is 0. The first kappa shape index (κ1) is 93.1. The third-order valence-corrected chi connectivity index (χ3v) is 19.9. The third kappa shape index (κ3) is 69.0. The van der Waals surface area contributed by atoms with Crippen molar-refractivity contribution in [3.05, 3.63) is 0 Å². The number of carbonyl (C=O) groups is 4. The van der Waals surface area contributed by atoms with E-state index in [2.05, 4.69) is 48.5 Å². The van der Waals surface area contributed by atoms with Crippen LogP contribution in [0.4, 0.5) is 0 Å². The lowest BCUT2D eigenvalue weighted by Crippen LogP contribution is -2.30. The van der Waals surface area contributed by atoms with E-state index in [1.165, 1.54) is 193 Å². The van der Waals surface area contributed by atoms with E-state index in [9.17, 15) is 43.2 Å². The fourth-order valence-electron chi connectivity index (χ4n) is 11.6. The van der Waals surface area contributed by atoms with Gasteiger partial charge in [0.25, 0.3) is 0 Å². The lowest BCUT2D eigenvalue weighted by atomic mass is 10.00. The minimum absolute atomic E-state index is 0.102. The van der Waals surface area contributed by atoms with Crippen LogP contribution in [0, 0.1) is 17.8 Å². The first-order valence-corrected chi connectivity index (χ1v) is 42.4. The van der Waals surface area contributed by atoms with Crippen LogP contribution in [-0.4, -0.2) is 96.7 Å². The number of hydrogen-bond acceptors (Lipinski definition) is 15. The number of rotatable bonds is 74. The van der Waals surface area contributed by atoms with E-state index in [1.807, 2.05) is 0 Å². The Morgan fingerprint density at radius 3 is 0.800 bits per heavy atom. The van der Waals surface area contributed by atoms with Crippen molar-refractivity contribution in [2.45, 2.75) is 407 Å². The SMILES string of the molecule is CCCCCCCC(=O)OC[C@H](COP(=O)(O)OC[C@H](O)COP(=O)(O)OC[C@@H](COC(=O)CCCCCCCCCCCCCCCCCCC(C)C)OC(=O)CCCCCCCCCCCCCCCCCCCCC(C)C)OC(=O)CCCCCCCCC(C)CC. The molecule has 0 aliphatic rings. The summed E-state index contributed by atoms with van der Waals surface area (Å²) in [6, 6.07) is 0. The summed E-state index contributed by atoms with van der Waals surface area (Å²) in [4.78, 5) is 72.4. The van der Waals surface area contributed by atoms with Crippen molar-refractivity contribution in [3.8, 4) is 0 Å². The van der Waals surface area contributed by atoms with E-state index in [1.54, 1.807) is 0 Å². The summed E-state index contributed by atoms with van der Waals surface area (Å²) in [5, 5.41) is 10.6. The Hall–Kier alpha value is -1.94.